The van der Waals surface area contributed by atoms with Crippen LogP contribution in [0.4, 0.5) is 13.2 Å². The molecule has 0 bridgehead atoms. The van der Waals surface area contributed by atoms with Crippen molar-refractivity contribution in [3.63, 3.8) is 0 Å². The molecule has 3 aromatic rings. The van der Waals surface area contributed by atoms with Crippen molar-refractivity contribution in [3.05, 3.63) is 65.1 Å². The molecule has 3 rings (SSSR count). The zero-order valence-electron chi connectivity index (χ0n) is 16.3. The highest BCUT2D eigenvalue weighted by Gasteiger charge is 2.29. The summed E-state index contributed by atoms with van der Waals surface area (Å²) in [5.41, 5.74) is 1.16. The highest BCUT2D eigenvalue weighted by atomic mass is 19.4. The van der Waals surface area contributed by atoms with Crippen molar-refractivity contribution >= 4 is 5.71 Å². The molecule has 0 aliphatic rings. The van der Waals surface area contributed by atoms with Gasteiger partial charge in [-0.2, -0.15) is 13.2 Å². The van der Waals surface area contributed by atoms with Gasteiger partial charge in [0.25, 0.3) is 0 Å². The van der Waals surface area contributed by atoms with Gasteiger partial charge in [-0.1, -0.05) is 17.3 Å². The SMILES string of the molecule is CCn1nnnc1COc1ccc(/C(C)=N/OCc2ccc(C(F)(F)F)cc2)cn1. The van der Waals surface area contributed by atoms with Crippen LogP contribution in [-0.4, -0.2) is 30.9 Å². The summed E-state index contributed by atoms with van der Waals surface area (Å²) >= 11 is 0. The number of hydrogen-bond donors (Lipinski definition) is 0. The van der Waals surface area contributed by atoms with Crippen LogP contribution in [0.1, 0.15) is 36.4 Å². The average molecular weight is 420 g/mol. The number of nitrogens with zero attached hydrogens (tertiary/aromatic N) is 6. The molecule has 158 valence electrons. The van der Waals surface area contributed by atoms with E-state index in [0.717, 1.165) is 12.1 Å². The average Bonchev–Trinajstić information content (AvgIpc) is 3.20. The first-order valence-corrected chi connectivity index (χ1v) is 9.03. The van der Waals surface area contributed by atoms with E-state index >= 15 is 0 Å². The predicted molar refractivity (Wildman–Crippen MR) is 101 cm³/mol. The van der Waals surface area contributed by atoms with E-state index in [4.69, 9.17) is 9.57 Å². The Kier molecular flexibility index (Phi) is 6.60. The van der Waals surface area contributed by atoms with Gasteiger partial charge in [-0.25, -0.2) is 9.67 Å². The number of benzene rings is 1. The van der Waals surface area contributed by atoms with E-state index in [1.807, 2.05) is 6.92 Å². The van der Waals surface area contributed by atoms with Crippen LogP contribution in [-0.2, 0) is 30.8 Å². The maximum absolute atomic E-state index is 12.6. The molecular formula is C19H19F3N6O2. The summed E-state index contributed by atoms with van der Waals surface area (Å²) in [5, 5.41) is 15.3. The lowest BCUT2D eigenvalue weighted by molar-refractivity contribution is -0.137. The van der Waals surface area contributed by atoms with E-state index in [-0.39, 0.29) is 13.2 Å². The number of alkyl halides is 3. The number of halogens is 3. The van der Waals surface area contributed by atoms with Crippen molar-refractivity contribution in [2.75, 3.05) is 0 Å². The molecule has 8 nitrogen and oxygen atoms in total. The summed E-state index contributed by atoms with van der Waals surface area (Å²) < 4.78 is 44.9. The molecule has 0 spiro atoms. The van der Waals surface area contributed by atoms with E-state index in [2.05, 4.69) is 25.7 Å². The second-order valence-corrected chi connectivity index (χ2v) is 6.23. The molecule has 30 heavy (non-hydrogen) atoms. The Morgan fingerprint density at radius 2 is 1.87 bits per heavy atom. The van der Waals surface area contributed by atoms with Crippen LogP contribution in [0, 0.1) is 0 Å². The number of pyridine rings is 1. The number of ether oxygens (including phenoxy) is 1. The minimum atomic E-state index is -4.36. The van der Waals surface area contributed by atoms with E-state index < -0.39 is 11.7 Å². The van der Waals surface area contributed by atoms with Crippen molar-refractivity contribution in [1.82, 2.24) is 25.2 Å². The van der Waals surface area contributed by atoms with Gasteiger partial charge in [-0.05, 0) is 48.0 Å². The van der Waals surface area contributed by atoms with Crippen molar-refractivity contribution in [3.8, 4) is 5.88 Å². The van der Waals surface area contributed by atoms with Crippen LogP contribution in [0.3, 0.4) is 0 Å². The first-order valence-electron chi connectivity index (χ1n) is 9.03. The molecule has 0 aliphatic heterocycles. The van der Waals surface area contributed by atoms with Gasteiger partial charge in [0.1, 0.15) is 6.61 Å². The molecule has 0 fully saturated rings. The molecule has 0 saturated carbocycles. The number of oxime groups is 1. The Morgan fingerprint density at radius 1 is 1.10 bits per heavy atom. The molecule has 0 amide bonds. The maximum atomic E-state index is 12.6. The summed E-state index contributed by atoms with van der Waals surface area (Å²) in [4.78, 5) is 9.45. The smallest absolute Gasteiger partial charge is 0.416 e. The monoisotopic (exact) mass is 420 g/mol. The van der Waals surface area contributed by atoms with Gasteiger partial charge in [0.2, 0.25) is 5.88 Å². The quantitative estimate of drug-likeness (QED) is 0.409. The zero-order chi connectivity index (χ0) is 21.6. The fourth-order valence-corrected chi connectivity index (χ4v) is 2.44. The van der Waals surface area contributed by atoms with Crippen LogP contribution >= 0.6 is 0 Å². The molecule has 0 N–H and O–H groups in total. The number of aromatic nitrogens is 5. The highest BCUT2D eigenvalue weighted by molar-refractivity contribution is 5.98. The third-order valence-electron chi connectivity index (χ3n) is 4.12. The molecule has 2 aromatic heterocycles. The minimum Gasteiger partial charge on any atom is -0.469 e. The Labute approximate surface area is 170 Å². The first kappa shape index (κ1) is 21.2. The third kappa shape index (κ3) is 5.52. The molecule has 0 saturated heterocycles. The zero-order valence-corrected chi connectivity index (χ0v) is 16.3. The van der Waals surface area contributed by atoms with Gasteiger partial charge >= 0.3 is 6.18 Å². The van der Waals surface area contributed by atoms with Crippen molar-refractivity contribution < 1.29 is 22.7 Å². The van der Waals surface area contributed by atoms with E-state index in [1.54, 1.807) is 29.9 Å². The molecule has 0 aliphatic carbocycles. The summed E-state index contributed by atoms with van der Waals surface area (Å²) in [7, 11) is 0. The number of hydrogen-bond acceptors (Lipinski definition) is 7. The van der Waals surface area contributed by atoms with Crippen LogP contribution in [0.5, 0.6) is 5.88 Å². The lowest BCUT2D eigenvalue weighted by atomic mass is 10.1. The third-order valence-corrected chi connectivity index (χ3v) is 4.12. The van der Waals surface area contributed by atoms with Crippen molar-refractivity contribution in [1.29, 1.82) is 0 Å². The van der Waals surface area contributed by atoms with Gasteiger partial charge in [-0.15, -0.1) is 5.10 Å². The van der Waals surface area contributed by atoms with Gasteiger partial charge in [0.15, 0.2) is 12.4 Å². The van der Waals surface area contributed by atoms with E-state index in [9.17, 15) is 13.2 Å². The Bertz CT molecular complexity index is 985. The lowest BCUT2D eigenvalue weighted by Crippen LogP contribution is -2.08. The van der Waals surface area contributed by atoms with Crippen LogP contribution in [0.2, 0.25) is 0 Å². The summed E-state index contributed by atoms with van der Waals surface area (Å²) in [6.45, 7) is 4.54. The van der Waals surface area contributed by atoms with Gasteiger partial charge < -0.3 is 9.57 Å². The van der Waals surface area contributed by atoms with Crippen LogP contribution in [0.25, 0.3) is 0 Å². The molecule has 2 heterocycles. The summed E-state index contributed by atoms with van der Waals surface area (Å²) in [6.07, 6.45) is -2.78. The van der Waals surface area contributed by atoms with Gasteiger partial charge in [-0.3, -0.25) is 0 Å². The molecule has 0 unspecified atom stereocenters. The van der Waals surface area contributed by atoms with Crippen LogP contribution in [0.15, 0.2) is 47.8 Å². The van der Waals surface area contributed by atoms with E-state index in [1.165, 1.54) is 12.1 Å². The van der Waals surface area contributed by atoms with Gasteiger partial charge in [0.05, 0.1) is 11.3 Å². The van der Waals surface area contributed by atoms with Gasteiger partial charge in [0, 0.05) is 24.4 Å². The molecule has 0 atom stereocenters. The maximum Gasteiger partial charge on any atom is 0.416 e. The Hall–Kier alpha value is -3.50. The van der Waals surface area contributed by atoms with Crippen molar-refractivity contribution in [2.45, 2.75) is 39.8 Å². The highest BCUT2D eigenvalue weighted by Crippen LogP contribution is 2.29. The largest absolute Gasteiger partial charge is 0.469 e. The van der Waals surface area contributed by atoms with E-state index in [0.29, 0.717) is 35.1 Å². The number of tetrazole rings is 1. The topological polar surface area (TPSA) is 87.3 Å². The minimum absolute atomic E-state index is 0.0518. The Morgan fingerprint density at radius 3 is 2.50 bits per heavy atom. The lowest BCUT2D eigenvalue weighted by Gasteiger charge is -2.08. The van der Waals surface area contributed by atoms with Crippen molar-refractivity contribution in [2.24, 2.45) is 5.16 Å². The number of rotatable bonds is 8. The predicted octanol–water partition coefficient (Wildman–Crippen LogP) is 3.63. The fourth-order valence-electron chi connectivity index (χ4n) is 2.44. The second kappa shape index (κ2) is 9.33. The molecule has 0 radical (unpaired) electrons. The Balaban J connectivity index is 1.52. The standard InChI is InChI=1S/C19H19F3N6O2/c1-3-28-17(24-26-27-28)12-29-18-9-6-15(10-23-18)13(2)25-30-11-14-4-7-16(8-5-14)19(20,21)22/h4-10H,3,11-12H2,1-2H3/b25-13+. The molecular weight excluding hydrogens is 401 g/mol. The fraction of sp³-hybridized carbons (Fsp3) is 0.316. The normalized spacial score (nSPS) is 12.1. The summed E-state index contributed by atoms with van der Waals surface area (Å²) in [5.74, 6) is 1.00. The first-order chi connectivity index (χ1) is 14.4. The van der Waals surface area contributed by atoms with Crippen LogP contribution < -0.4 is 4.74 Å². The second-order valence-electron chi connectivity index (χ2n) is 6.23. The summed E-state index contributed by atoms with van der Waals surface area (Å²) in [6, 6.07) is 8.19. The molecule has 11 heteroatoms. The molecule has 1 aromatic carbocycles. The number of aryl methyl sites for hydroxylation is 1.